The third-order valence-corrected chi connectivity index (χ3v) is 3.44. The number of aliphatic hydroxyl groups is 1. The summed E-state index contributed by atoms with van der Waals surface area (Å²) in [6, 6.07) is 7.10. The maximum absolute atomic E-state index is 9.49. The highest BCUT2D eigenvalue weighted by Crippen LogP contribution is 2.18. The Labute approximate surface area is 127 Å². The zero-order valence-corrected chi connectivity index (χ0v) is 12.5. The number of rotatable bonds is 5. The number of halogens is 2. The lowest BCUT2D eigenvalue weighted by molar-refractivity contribution is 0.241. The van der Waals surface area contributed by atoms with E-state index in [0.717, 1.165) is 16.8 Å². The SMILES string of the molecule is Cc1ccnc(C(CO)NCc2ccc(Cl)nc2Cl)c1. The summed E-state index contributed by atoms with van der Waals surface area (Å²) < 4.78 is 0. The van der Waals surface area contributed by atoms with Gasteiger partial charge in [-0.2, -0.15) is 0 Å². The first kappa shape index (κ1) is 15.2. The van der Waals surface area contributed by atoms with Crippen LogP contribution in [0.5, 0.6) is 0 Å². The van der Waals surface area contributed by atoms with E-state index < -0.39 is 0 Å². The van der Waals surface area contributed by atoms with Crippen molar-refractivity contribution in [2.24, 2.45) is 0 Å². The standard InChI is InChI=1S/C14H15Cl2N3O/c1-9-4-5-17-11(6-9)12(8-20)18-7-10-2-3-13(15)19-14(10)16/h2-6,12,18,20H,7-8H2,1H3. The molecule has 0 aromatic carbocycles. The minimum Gasteiger partial charge on any atom is -0.394 e. The molecule has 6 heteroatoms. The van der Waals surface area contributed by atoms with Crippen molar-refractivity contribution in [3.8, 4) is 0 Å². The predicted octanol–water partition coefficient (Wildman–Crippen LogP) is 2.92. The summed E-state index contributed by atoms with van der Waals surface area (Å²) in [7, 11) is 0. The molecule has 0 saturated carbocycles. The van der Waals surface area contributed by atoms with Gasteiger partial charge in [-0.25, -0.2) is 4.98 Å². The molecule has 4 nitrogen and oxygen atoms in total. The van der Waals surface area contributed by atoms with Crippen molar-refractivity contribution in [3.63, 3.8) is 0 Å². The number of hydrogen-bond acceptors (Lipinski definition) is 4. The van der Waals surface area contributed by atoms with Crippen molar-refractivity contribution in [1.29, 1.82) is 0 Å². The molecule has 0 amide bonds. The van der Waals surface area contributed by atoms with Crippen molar-refractivity contribution < 1.29 is 5.11 Å². The summed E-state index contributed by atoms with van der Waals surface area (Å²) >= 11 is 11.8. The highest BCUT2D eigenvalue weighted by molar-refractivity contribution is 6.32. The number of hydrogen-bond donors (Lipinski definition) is 2. The Morgan fingerprint density at radius 3 is 2.75 bits per heavy atom. The predicted molar refractivity (Wildman–Crippen MR) is 79.9 cm³/mol. The summed E-state index contributed by atoms with van der Waals surface area (Å²) in [5.41, 5.74) is 2.72. The van der Waals surface area contributed by atoms with Crippen LogP contribution in [0.3, 0.4) is 0 Å². The van der Waals surface area contributed by atoms with Gasteiger partial charge in [0.1, 0.15) is 10.3 Å². The molecule has 0 radical (unpaired) electrons. The molecule has 0 saturated heterocycles. The number of nitrogens with zero attached hydrogens (tertiary/aromatic N) is 2. The topological polar surface area (TPSA) is 58.0 Å². The van der Waals surface area contributed by atoms with Crippen LogP contribution in [0.25, 0.3) is 0 Å². The van der Waals surface area contributed by atoms with Crippen molar-refractivity contribution in [2.45, 2.75) is 19.5 Å². The van der Waals surface area contributed by atoms with Crippen LogP contribution in [-0.4, -0.2) is 21.7 Å². The van der Waals surface area contributed by atoms with E-state index in [4.69, 9.17) is 23.2 Å². The Bertz CT molecular complexity index is 592. The van der Waals surface area contributed by atoms with Gasteiger partial charge in [0.15, 0.2) is 0 Å². The first-order valence-electron chi connectivity index (χ1n) is 6.18. The Balaban J connectivity index is 2.07. The van der Waals surface area contributed by atoms with Crippen LogP contribution < -0.4 is 5.32 Å². The molecule has 0 aliphatic rings. The first-order chi connectivity index (χ1) is 9.60. The number of nitrogens with one attached hydrogen (secondary N) is 1. The molecule has 20 heavy (non-hydrogen) atoms. The van der Waals surface area contributed by atoms with Crippen LogP contribution in [0.4, 0.5) is 0 Å². The fourth-order valence-electron chi connectivity index (χ4n) is 1.82. The summed E-state index contributed by atoms with van der Waals surface area (Å²) in [4.78, 5) is 8.24. The lowest BCUT2D eigenvalue weighted by atomic mass is 10.1. The molecule has 106 valence electrons. The first-order valence-corrected chi connectivity index (χ1v) is 6.93. The van der Waals surface area contributed by atoms with Crippen LogP contribution >= 0.6 is 23.2 Å². The Kier molecular flexibility index (Phi) is 5.31. The van der Waals surface area contributed by atoms with Crippen LogP contribution in [0.1, 0.15) is 22.9 Å². The highest BCUT2D eigenvalue weighted by Gasteiger charge is 2.12. The molecule has 2 aromatic rings. The van der Waals surface area contributed by atoms with Crippen molar-refractivity contribution in [2.75, 3.05) is 6.61 Å². The fourth-order valence-corrected chi connectivity index (χ4v) is 2.23. The van der Waals surface area contributed by atoms with Crippen LogP contribution in [0.15, 0.2) is 30.5 Å². The molecule has 2 heterocycles. The summed E-state index contributed by atoms with van der Waals surface area (Å²) in [5, 5.41) is 13.4. The average molecular weight is 312 g/mol. The minimum absolute atomic E-state index is 0.0465. The number of aliphatic hydroxyl groups excluding tert-OH is 1. The van der Waals surface area contributed by atoms with Gasteiger partial charge in [0.05, 0.1) is 18.3 Å². The van der Waals surface area contributed by atoms with Gasteiger partial charge in [-0.15, -0.1) is 0 Å². The molecule has 0 bridgehead atoms. The second kappa shape index (κ2) is 6.99. The van der Waals surface area contributed by atoms with E-state index in [2.05, 4.69) is 15.3 Å². The van der Waals surface area contributed by atoms with Gasteiger partial charge in [-0.3, -0.25) is 4.98 Å². The molecule has 1 atom stereocenters. The Hall–Kier alpha value is -1.20. The molecule has 1 unspecified atom stereocenters. The van der Waals surface area contributed by atoms with E-state index in [9.17, 15) is 5.11 Å². The van der Waals surface area contributed by atoms with Gasteiger partial charge in [0.2, 0.25) is 0 Å². The van der Waals surface area contributed by atoms with Gasteiger partial charge >= 0.3 is 0 Å². The van der Waals surface area contributed by atoms with E-state index >= 15 is 0 Å². The van der Waals surface area contributed by atoms with E-state index in [1.54, 1.807) is 12.3 Å². The third kappa shape index (κ3) is 3.90. The molecule has 0 aliphatic carbocycles. The lowest BCUT2D eigenvalue weighted by Gasteiger charge is -2.16. The highest BCUT2D eigenvalue weighted by atomic mass is 35.5. The monoisotopic (exact) mass is 311 g/mol. The van der Waals surface area contributed by atoms with Gasteiger partial charge in [-0.05, 0) is 30.7 Å². The van der Waals surface area contributed by atoms with Gasteiger partial charge in [-0.1, -0.05) is 29.3 Å². The number of pyridine rings is 2. The molecular weight excluding hydrogens is 297 g/mol. The Morgan fingerprint density at radius 1 is 1.30 bits per heavy atom. The second-order valence-electron chi connectivity index (χ2n) is 4.46. The molecule has 2 rings (SSSR count). The fraction of sp³-hybridized carbons (Fsp3) is 0.286. The third-order valence-electron chi connectivity index (χ3n) is 2.91. The van der Waals surface area contributed by atoms with Crippen LogP contribution in [0.2, 0.25) is 10.3 Å². The van der Waals surface area contributed by atoms with Crippen molar-refractivity contribution in [3.05, 3.63) is 57.6 Å². The maximum atomic E-state index is 9.49. The maximum Gasteiger partial charge on any atom is 0.135 e. The lowest BCUT2D eigenvalue weighted by Crippen LogP contribution is -2.25. The van der Waals surface area contributed by atoms with Gasteiger partial charge in [0.25, 0.3) is 0 Å². The van der Waals surface area contributed by atoms with E-state index in [1.807, 2.05) is 25.1 Å². The summed E-state index contributed by atoms with van der Waals surface area (Å²) in [6.07, 6.45) is 1.73. The normalized spacial score (nSPS) is 12.4. The van der Waals surface area contributed by atoms with E-state index in [1.165, 1.54) is 0 Å². The van der Waals surface area contributed by atoms with Crippen molar-refractivity contribution >= 4 is 23.2 Å². The van der Waals surface area contributed by atoms with Crippen LogP contribution in [-0.2, 0) is 6.54 Å². The molecular formula is C14H15Cl2N3O. The van der Waals surface area contributed by atoms with Gasteiger partial charge in [0, 0.05) is 18.3 Å². The largest absolute Gasteiger partial charge is 0.394 e. The molecule has 2 aromatic heterocycles. The van der Waals surface area contributed by atoms with Crippen LogP contribution in [0, 0.1) is 6.92 Å². The molecule has 0 fully saturated rings. The zero-order chi connectivity index (χ0) is 14.5. The van der Waals surface area contributed by atoms with E-state index in [-0.39, 0.29) is 12.6 Å². The van der Waals surface area contributed by atoms with Gasteiger partial charge < -0.3 is 10.4 Å². The van der Waals surface area contributed by atoms with Crippen molar-refractivity contribution in [1.82, 2.24) is 15.3 Å². The second-order valence-corrected chi connectivity index (χ2v) is 5.20. The average Bonchev–Trinajstić information content (AvgIpc) is 2.41. The molecule has 0 aliphatic heterocycles. The summed E-state index contributed by atoms with van der Waals surface area (Å²) in [6.45, 7) is 2.42. The quantitative estimate of drug-likeness (QED) is 0.834. The molecule has 0 spiro atoms. The minimum atomic E-state index is -0.248. The number of aromatic nitrogens is 2. The summed E-state index contributed by atoms with van der Waals surface area (Å²) in [5.74, 6) is 0. The zero-order valence-electron chi connectivity index (χ0n) is 11.0. The number of aryl methyl sites for hydroxylation is 1. The molecule has 2 N–H and O–H groups in total. The van der Waals surface area contributed by atoms with E-state index in [0.29, 0.717) is 16.9 Å². The Morgan fingerprint density at radius 2 is 2.10 bits per heavy atom. The smallest absolute Gasteiger partial charge is 0.135 e.